The lowest BCUT2D eigenvalue weighted by Crippen LogP contribution is -2.59. The Balaban J connectivity index is 0.000000500. The molecule has 1 nitrogen and oxygen atoms in total. The van der Waals surface area contributed by atoms with E-state index in [1.165, 1.54) is 37.3 Å². The Morgan fingerprint density at radius 3 is 2.40 bits per heavy atom. The van der Waals surface area contributed by atoms with E-state index in [-0.39, 0.29) is 12.4 Å². The molecule has 60 valence electrons. The first-order valence-corrected chi connectivity index (χ1v) is 4.90. The van der Waals surface area contributed by atoms with E-state index >= 15 is 0 Å². The lowest BCUT2D eigenvalue weighted by Gasteiger charge is -2.45. The van der Waals surface area contributed by atoms with Gasteiger partial charge in [-0.2, -0.15) is 11.8 Å². The van der Waals surface area contributed by atoms with E-state index in [2.05, 4.69) is 17.1 Å². The molecule has 2 aliphatic heterocycles. The molecule has 0 bridgehead atoms. The molecule has 1 spiro atoms. The normalized spacial score (nSPS) is 38.4. The quantitative estimate of drug-likeness (QED) is 0.607. The zero-order valence-corrected chi connectivity index (χ0v) is 7.69. The molecule has 10 heavy (non-hydrogen) atoms. The van der Waals surface area contributed by atoms with Crippen LogP contribution in [0.2, 0.25) is 0 Å². The number of hydrogen-bond acceptors (Lipinski definition) is 2. The Morgan fingerprint density at radius 1 is 1.30 bits per heavy atom. The molecule has 2 rings (SSSR count). The van der Waals surface area contributed by atoms with Crippen molar-refractivity contribution in [2.75, 3.05) is 18.1 Å². The number of rotatable bonds is 0. The fourth-order valence-corrected chi connectivity index (χ4v) is 2.94. The van der Waals surface area contributed by atoms with Gasteiger partial charge in [0.1, 0.15) is 0 Å². The van der Waals surface area contributed by atoms with E-state index in [1.807, 2.05) is 0 Å². The van der Waals surface area contributed by atoms with Crippen molar-refractivity contribution in [2.24, 2.45) is 0 Å². The third-order valence-electron chi connectivity index (χ3n) is 2.43. The average Bonchev–Trinajstić information content (AvgIpc) is 1.87. The predicted molar refractivity (Wildman–Crippen MR) is 49.2 cm³/mol. The Bertz CT molecular complexity index is 106. The van der Waals surface area contributed by atoms with E-state index in [4.69, 9.17) is 0 Å². The first-order chi connectivity index (χ1) is 4.41. The summed E-state index contributed by atoms with van der Waals surface area (Å²) in [6.07, 6.45) is 4.29. The van der Waals surface area contributed by atoms with Crippen molar-refractivity contribution < 1.29 is 0 Å². The number of hydrogen-bond donors (Lipinski definition) is 1. The third-order valence-corrected chi connectivity index (χ3v) is 3.76. The van der Waals surface area contributed by atoms with E-state index in [1.54, 1.807) is 0 Å². The predicted octanol–water partition coefficient (Wildman–Crippen LogP) is 1.67. The highest BCUT2D eigenvalue weighted by Gasteiger charge is 2.37. The highest BCUT2D eigenvalue weighted by Crippen LogP contribution is 2.33. The molecule has 1 atom stereocenters. The maximum atomic E-state index is 3.54. The van der Waals surface area contributed by atoms with E-state index < -0.39 is 0 Å². The topological polar surface area (TPSA) is 12.0 Å². The molecule has 0 aromatic heterocycles. The van der Waals surface area contributed by atoms with Crippen LogP contribution in [0.25, 0.3) is 0 Å². The van der Waals surface area contributed by atoms with Crippen LogP contribution in [-0.4, -0.2) is 23.6 Å². The van der Waals surface area contributed by atoms with Crippen LogP contribution in [0.15, 0.2) is 0 Å². The maximum Gasteiger partial charge on any atom is 0.0284 e. The van der Waals surface area contributed by atoms with Crippen LogP contribution in [0.5, 0.6) is 0 Å². The third kappa shape index (κ3) is 1.44. The summed E-state index contributed by atoms with van der Waals surface area (Å²) >= 11 is 2.12. The summed E-state index contributed by atoms with van der Waals surface area (Å²) in [6.45, 7) is 1.26. The summed E-state index contributed by atoms with van der Waals surface area (Å²) in [4.78, 5) is 0. The minimum absolute atomic E-state index is 0. The summed E-state index contributed by atoms with van der Waals surface area (Å²) in [5, 5.41) is 3.54. The summed E-state index contributed by atoms with van der Waals surface area (Å²) in [5.74, 6) is 2.76. The molecular weight excluding hydrogens is 166 g/mol. The van der Waals surface area contributed by atoms with Gasteiger partial charge in [0.05, 0.1) is 0 Å². The number of nitrogens with one attached hydrogen (secondary N) is 1. The Kier molecular flexibility index (Phi) is 2.90. The first-order valence-electron chi connectivity index (χ1n) is 3.74. The molecule has 0 amide bonds. The lowest BCUT2D eigenvalue weighted by molar-refractivity contribution is 0.217. The van der Waals surface area contributed by atoms with Crippen molar-refractivity contribution in [3.63, 3.8) is 0 Å². The Morgan fingerprint density at radius 2 is 2.10 bits per heavy atom. The van der Waals surface area contributed by atoms with Gasteiger partial charge < -0.3 is 5.32 Å². The van der Waals surface area contributed by atoms with Gasteiger partial charge in [0, 0.05) is 11.3 Å². The Hall–Kier alpha value is 0.600. The molecule has 2 fully saturated rings. The molecule has 2 saturated heterocycles. The number of halogens is 1. The van der Waals surface area contributed by atoms with Gasteiger partial charge in [0.15, 0.2) is 0 Å². The van der Waals surface area contributed by atoms with Crippen LogP contribution < -0.4 is 5.32 Å². The van der Waals surface area contributed by atoms with Crippen molar-refractivity contribution in [1.29, 1.82) is 0 Å². The largest absolute Gasteiger partial charge is 0.310 e. The van der Waals surface area contributed by atoms with Crippen LogP contribution in [0.3, 0.4) is 0 Å². The zero-order chi connectivity index (χ0) is 6.16. The molecular formula is C7H14ClNS. The molecule has 1 N–H and O–H groups in total. The molecule has 3 heteroatoms. The minimum Gasteiger partial charge on any atom is -0.310 e. The molecule has 0 aliphatic carbocycles. The maximum absolute atomic E-state index is 3.54. The Labute approximate surface area is 72.7 Å². The van der Waals surface area contributed by atoms with Gasteiger partial charge in [0.2, 0.25) is 0 Å². The fraction of sp³-hybridized carbons (Fsp3) is 1.00. The fourth-order valence-electron chi connectivity index (χ4n) is 1.67. The van der Waals surface area contributed by atoms with Crippen LogP contribution in [0, 0.1) is 0 Å². The monoisotopic (exact) mass is 179 g/mol. The molecule has 0 saturated carbocycles. The van der Waals surface area contributed by atoms with Gasteiger partial charge in [-0.3, -0.25) is 0 Å². The van der Waals surface area contributed by atoms with Crippen molar-refractivity contribution in [1.82, 2.24) is 5.32 Å². The summed E-state index contributed by atoms with van der Waals surface area (Å²) in [7, 11) is 0. The van der Waals surface area contributed by atoms with Gasteiger partial charge in [-0.15, -0.1) is 12.4 Å². The SMILES string of the molecule is C1CSCC2(C1)CCN2.Cl. The van der Waals surface area contributed by atoms with E-state index in [9.17, 15) is 0 Å². The van der Waals surface area contributed by atoms with E-state index in [0.717, 1.165) is 0 Å². The van der Waals surface area contributed by atoms with Crippen molar-refractivity contribution in [2.45, 2.75) is 24.8 Å². The molecule has 0 aromatic carbocycles. The van der Waals surface area contributed by atoms with Crippen molar-refractivity contribution in [3.8, 4) is 0 Å². The van der Waals surface area contributed by atoms with Gasteiger partial charge in [-0.05, 0) is 31.6 Å². The van der Waals surface area contributed by atoms with Crippen LogP contribution in [0.1, 0.15) is 19.3 Å². The first kappa shape index (κ1) is 8.69. The second-order valence-corrected chi connectivity index (χ2v) is 4.22. The molecule has 2 aliphatic rings. The second-order valence-electron chi connectivity index (χ2n) is 3.11. The van der Waals surface area contributed by atoms with Crippen molar-refractivity contribution >= 4 is 24.2 Å². The summed E-state index contributed by atoms with van der Waals surface area (Å²) < 4.78 is 0. The van der Waals surface area contributed by atoms with E-state index in [0.29, 0.717) is 5.54 Å². The lowest BCUT2D eigenvalue weighted by atomic mass is 9.85. The summed E-state index contributed by atoms with van der Waals surface area (Å²) in [5.41, 5.74) is 0.614. The van der Waals surface area contributed by atoms with Gasteiger partial charge in [-0.1, -0.05) is 0 Å². The zero-order valence-electron chi connectivity index (χ0n) is 6.06. The average molecular weight is 180 g/mol. The highest BCUT2D eigenvalue weighted by molar-refractivity contribution is 7.99. The standard InChI is InChI=1S/C7H13NS.ClH/c1-2-7(3-4-8-7)6-9-5-1;/h8H,1-6H2;1H. The van der Waals surface area contributed by atoms with Crippen LogP contribution in [0.4, 0.5) is 0 Å². The van der Waals surface area contributed by atoms with Gasteiger partial charge in [-0.25, -0.2) is 0 Å². The molecule has 2 heterocycles. The highest BCUT2D eigenvalue weighted by atomic mass is 35.5. The number of thioether (sulfide) groups is 1. The smallest absolute Gasteiger partial charge is 0.0284 e. The van der Waals surface area contributed by atoms with Gasteiger partial charge >= 0.3 is 0 Å². The summed E-state index contributed by atoms with van der Waals surface area (Å²) in [6, 6.07) is 0. The molecule has 0 aromatic rings. The van der Waals surface area contributed by atoms with Crippen LogP contribution >= 0.6 is 24.2 Å². The minimum atomic E-state index is 0. The molecule has 1 unspecified atom stereocenters. The van der Waals surface area contributed by atoms with Crippen molar-refractivity contribution in [3.05, 3.63) is 0 Å². The molecule has 0 radical (unpaired) electrons. The van der Waals surface area contributed by atoms with Crippen LogP contribution in [-0.2, 0) is 0 Å². The van der Waals surface area contributed by atoms with Gasteiger partial charge in [0.25, 0.3) is 0 Å². The second kappa shape index (κ2) is 3.33.